The van der Waals surface area contributed by atoms with E-state index in [1.54, 1.807) is 4.90 Å². The van der Waals surface area contributed by atoms with E-state index in [-0.39, 0.29) is 54.7 Å². The summed E-state index contributed by atoms with van der Waals surface area (Å²) in [6.07, 6.45) is 6.34. The van der Waals surface area contributed by atoms with Crippen LogP contribution in [0.3, 0.4) is 0 Å². The van der Waals surface area contributed by atoms with Crippen LogP contribution in [0.15, 0.2) is 17.5 Å². The molecule has 41 heavy (non-hydrogen) atoms. The van der Waals surface area contributed by atoms with Gasteiger partial charge in [-0.25, -0.2) is 4.79 Å². The summed E-state index contributed by atoms with van der Waals surface area (Å²) >= 11 is 1.53. The quantitative estimate of drug-likeness (QED) is 0.427. The van der Waals surface area contributed by atoms with E-state index in [0.717, 1.165) is 43.4 Å². The molecule has 10 nitrogen and oxygen atoms in total. The molecule has 3 N–H and O–H groups in total. The van der Waals surface area contributed by atoms with Gasteiger partial charge in [-0.15, -0.1) is 11.3 Å². The summed E-state index contributed by atoms with van der Waals surface area (Å²) in [4.78, 5) is 58.2. The van der Waals surface area contributed by atoms with Crippen molar-refractivity contribution in [3.63, 3.8) is 0 Å². The molecule has 2 saturated heterocycles. The maximum absolute atomic E-state index is 14.3. The van der Waals surface area contributed by atoms with E-state index < -0.39 is 18.2 Å². The molecule has 0 spiro atoms. The van der Waals surface area contributed by atoms with Crippen LogP contribution >= 0.6 is 11.3 Å². The molecule has 1 saturated carbocycles. The number of piperidine rings is 1. The van der Waals surface area contributed by atoms with Gasteiger partial charge in [0.15, 0.2) is 0 Å². The Kier molecular flexibility index (Phi) is 10.7. The Morgan fingerprint density at radius 3 is 2.32 bits per heavy atom. The zero-order valence-corrected chi connectivity index (χ0v) is 25.6. The monoisotopic (exact) mass is 589 g/mol. The van der Waals surface area contributed by atoms with Gasteiger partial charge in [0, 0.05) is 43.5 Å². The summed E-state index contributed by atoms with van der Waals surface area (Å²) in [5.74, 6) is -0.269. The van der Waals surface area contributed by atoms with Gasteiger partial charge in [-0.1, -0.05) is 46.1 Å². The summed E-state index contributed by atoms with van der Waals surface area (Å²) in [7, 11) is 0. The van der Waals surface area contributed by atoms with Crippen molar-refractivity contribution in [2.75, 3.05) is 32.7 Å². The molecule has 2 aliphatic heterocycles. The van der Waals surface area contributed by atoms with Gasteiger partial charge in [-0.05, 0) is 48.5 Å². The van der Waals surface area contributed by atoms with Gasteiger partial charge >= 0.3 is 6.09 Å². The third-order valence-corrected chi connectivity index (χ3v) is 9.46. The van der Waals surface area contributed by atoms with Crippen molar-refractivity contribution < 1.29 is 24.3 Å². The second-order valence-electron chi connectivity index (χ2n) is 13.0. The van der Waals surface area contributed by atoms with Crippen molar-refractivity contribution >= 4 is 35.2 Å². The van der Waals surface area contributed by atoms with Crippen LogP contribution in [0.2, 0.25) is 0 Å². The van der Waals surface area contributed by atoms with E-state index in [1.807, 2.05) is 22.4 Å². The molecule has 11 heteroatoms. The second-order valence-corrected chi connectivity index (χ2v) is 14.0. The number of hydrogen-bond acceptors (Lipinski definition) is 6. The lowest BCUT2D eigenvalue weighted by molar-refractivity contribution is -0.147. The molecule has 1 aromatic rings. The van der Waals surface area contributed by atoms with E-state index in [0.29, 0.717) is 26.1 Å². The number of rotatable bonds is 8. The third-order valence-electron chi connectivity index (χ3n) is 8.59. The first-order valence-electron chi connectivity index (χ1n) is 15.1. The largest absolute Gasteiger partial charge is 0.465 e. The van der Waals surface area contributed by atoms with Crippen molar-refractivity contribution in [2.24, 2.45) is 11.3 Å². The number of likely N-dealkylation sites (tertiary alicyclic amines) is 1. The number of amides is 4. The zero-order valence-electron chi connectivity index (χ0n) is 24.8. The Hall–Kier alpha value is -2.66. The van der Waals surface area contributed by atoms with Gasteiger partial charge in [-0.2, -0.15) is 0 Å². The summed E-state index contributed by atoms with van der Waals surface area (Å²) in [5.41, 5.74) is -0.0772. The first kappa shape index (κ1) is 31.3. The normalized spacial score (nSPS) is 21.9. The molecule has 0 aromatic carbocycles. The number of carbonyl (C=O) groups excluding carboxylic acids is 3. The molecule has 228 valence electrons. The lowest BCUT2D eigenvalue weighted by atomic mass is 9.85. The molecule has 4 rings (SSSR count). The molecule has 4 amide bonds. The Morgan fingerprint density at radius 1 is 1.00 bits per heavy atom. The van der Waals surface area contributed by atoms with Crippen molar-refractivity contribution in [1.82, 2.24) is 25.3 Å². The first-order chi connectivity index (χ1) is 19.5. The third kappa shape index (κ3) is 8.67. The highest BCUT2D eigenvalue weighted by atomic mass is 32.1. The van der Waals surface area contributed by atoms with Gasteiger partial charge in [-0.3, -0.25) is 14.4 Å². The Bertz CT molecular complexity index is 1040. The van der Waals surface area contributed by atoms with Gasteiger partial charge in [0.25, 0.3) is 0 Å². The number of nitrogens with one attached hydrogen (secondary N) is 2. The minimum Gasteiger partial charge on any atom is -0.465 e. The molecule has 1 aromatic heterocycles. The fourth-order valence-corrected chi connectivity index (χ4v) is 6.95. The van der Waals surface area contributed by atoms with Crippen molar-refractivity contribution in [3.05, 3.63) is 22.4 Å². The number of nitrogens with zero attached hydrogens (tertiary/aromatic N) is 3. The Balaban J connectivity index is 1.49. The predicted octanol–water partition coefficient (Wildman–Crippen LogP) is 3.52. The average molecular weight is 590 g/mol. The van der Waals surface area contributed by atoms with Gasteiger partial charge in [0.05, 0.1) is 19.1 Å². The van der Waals surface area contributed by atoms with E-state index in [9.17, 15) is 24.3 Å². The second kappa shape index (κ2) is 14.0. The van der Waals surface area contributed by atoms with Crippen LogP contribution in [0.25, 0.3) is 0 Å². The Labute approximate surface area is 247 Å². The fourth-order valence-electron chi connectivity index (χ4n) is 6.31. The summed E-state index contributed by atoms with van der Waals surface area (Å²) in [6, 6.07) is 2.72. The molecular weight excluding hydrogens is 542 g/mol. The molecule has 1 unspecified atom stereocenters. The lowest BCUT2D eigenvalue weighted by Crippen LogP contribution is -2.65. The molecule has 3 fully saturated rings. The molecule has 3 heterocycles. The minimum atomic E-state index is -1.09. The highest BCUT2D eigenvalue weighted by Gasteiger charge is 2.43. The number of carbonyl (C=O) groups is 4. The number of thiophene rings is 1. The highest BCUT2D eigenvalue weighted by molar-refractivity contribution is 7.09. The van der Waals surface area contributed by atoms with Gasteiger partial charge < -0.3 is 30.4 Å². The van der Waals surface area contributed by atoms with E-state index in [1.165, 1.54) is 22.7 Å². The van der Waals surface area contributed by atoms with Crippen LogP contribution in [-0.4, -0.2) is 94.5 Å². The Morgan fingerprint density at radius 2 is 1.71 bits per heavy atom. The number of piperazine rings is 1. The fraction of sp³-hybridized carbons (Fsp3) is 0.733. The first-order valence-corrected chi connectivity index (χ1v) is 16.0. The van der Waals surface area contributed by atoms with Crippen molar-refractivity contribution in [1.29, 1.82) is 0 Å². The van der Waals surface area contributed by atoms with Gasteiger partial charge in [0.1, 0.15) is 6.04 Å². The topological polar surface area (TPSA) is 122 Å². The minimum absolute atomic E-state index is 0.0375. The summed E-state index contributed by atoms with van der Waals surface area (Å²) < 4.78 is 0. The van der Waals surface area contributed by atoms with E-state index >= 15 is 0 Å². The predicted molar refractivity (Wildman–Crippen MR) is 158 cm³/mol. The molecule has 2 atom stereocenters. The van der Waals surface area contributed by atoms with E-state index in [4.69, 9.17) is 0 Å². The number of hydrogen-bond donors (Lipinski definition) is 3. The van der Waals surface area contributed by atoms with Crippen molar-refractivity contribution in [3.8, 4) is 0 Å². The smallest absolute Gasteiger partial charge is 0.407 e. The maximum Gasteiger partial charge on any atom is 0.407 e. The van der Waals surface area contributed by atoms with E-state index in [2.05, 4.69) is 31.4 Å². The summed E-state index contributed by atoms with van der Waals surface area (Å²) in [6.45, 7) is 8.08. The lowest BCUT2D eigenvalue weighted by Gasteiger charge is -2.44. The maximum atomic E-state index is 14.3. The molecule has 3 aliphatic rings. The molecular formula is C30H47N5O5S. The SMILES string of the molecule is CC(C)(C)CC(=O)N1CCC(C(NC2CCCCC2)C(=O)N2CCN(C(=O)O)C[C@H]2C(=O)NCc2cccs2)CC1. The van der Waals surface area contributed by atoms with Crippen LogP contribution in [0, 0.1) is 11.3 Å². The van der Waals surface area contributed by atoms with Crippen molar-refractivity contribution in [2.45, 2.75) is 96.8 Å². The molecule has 1 aliphatic carbocycles. The van der Waals surface area contributed by atoms with Crippen LogP contribution in [0.1, 0.15) is 77.0 Å². The van der Waals surface area contributed by atoms with Crippen LogP contribution in [-0.2, 0) is 20.9 Å². The van der Waals surface area contributed by atoms with Gasteiger partial charge in [0.2, 0.25) is 17.7 Å². The van der Waals surface area contributed by atoms with Crippen LogP contribution < -0.4 is 10.6 Å². The van der Waals surface area contributed by atoms with Crippen LogP contribution in [0.5, 0.6) is 0 Å². The average Bonchev–Trinajstić information content (AvgIpc) is 3.47. The molecule has 0 radical (unpaired) electrons. The standard InChI is InChI=1S/C30H47N5O5S/c1-30(2,3)18-25(36)33-13-11-21(12-14-33)26(32-22-8-5-4-6-9-22)28(38)35-16-15-34(29(39)40)20-24(35)27(37)31-19-23-10-7-17-41-23/h7,10,17,21-22,24,26,32H,4-6,8-9,11-16,18-20H2,1-3H3,(H,31,37)(H,39,40)/t24-,26?/m0/s1. The molecule has 0 bridgehead atoms. The summed E-state index contributed by atoms with van der Waals surface area (Å²) in [5, 5.41) is 18.2. The van der Waals surface area contributed by atoms with Crippen LogP contribution in [0.4, 0.5) is 4.79 Å². The number of carboxylic acid groups (broad SMARTS) is 1. The highest BCUT2D eigenvalue weighted by Crippen LogP contribution is 2.28. The zero-order chi connectivity index (χ0) is 29.6.